The number of methoxy groups -OCH3 is 1. The molecule has 0 unspecified atom stereocenters. The number of rotatable bonds is 7. The molecular weight excluding hydrogens is 386 g/mol. The zero-order chi connectivity index (χ0) is 20.8. The second kappa shape index (κ2) is 9.51. The smallest absolute Gasteiger partial charge is 0.192 e. The maximum atomic E-state index is 5.21. The third-order valence-corrected chi connectivity index (χ3v) is 5.73. The minimum absolute atomic E-state index is 0.529. The lowest BCUT2D eigenvalue weighted by Gasteiger charge is -2.12. The number of benzene rings is 1. The van der Waals surface area contributed by atoms with Gasteiger partial charge in [-0.15, -0.1) is 21.5 Å². The third kappa shape index (κ3) is 5.54. The van der Waals surface area contributed by atoms with Gasteiger partial charge in [0.25, 0.3) is 0 Å². The maximum absolute atomic E-state index is 5.21. The van der Waals surface area contributed by atoms with Gasteiger partial charge < -0.3 is 19.9 Å². The number of hydrogen-bond acceptors (Lipinski definition) is 6. The first-order valence-corrected chi connectivity index (χ1v) is 10.2. The molecule has 9 heteroatoms. The summed E-state index contributed by atoms with van der Waals surface area (Å²) in [6, 6.07) is 7.91. The molecule has 0 fully saturated rings. The zero-order valence-electron chi connectivity index (χ0n) is 17.5. The lowest BCUT2D eigenvalue weighted by atomic mass is 10.2. The maximum Gasteiger partial charge on any atom is 0.192 e. The van der Waals surface area contributed by atoms with E-state index in [1.807, 2.05) is 49.7 Å². The number of aromatic nitrogens is 4. The van der Waals surface area contributed by atoms with Gasteiger partial charge in [0, 0.05) is 11.9 Å². The Bertz CT molecular complexity index is 956. The van der Waals surface area contributed by atoms with Crippen molar-refractivity contribution in [3.05, 3.63) is 57.1 Å². The van der Waals surface area contributed by atoms with Crippen molar-refractivity contribution < 1.29 is 4.74 Å². The van der Waals surface area contributed by atoms with E-state index in [4.69, 9.17) is 9.73 Å². The zero-order valence-corrected chi connectivity index (χ0v) is 18.3. The van der Waals surface area contributed by atoms with Crippen LogP contribution in [0.15, 0.2) is 29.3 Å². The van der Waals surface area contributed by atoms with Crippen molar-refractivity contribution in [3.8, 4) is 5.75 Å². The fraction of sp³-hybridized carbons (Fsp3) is 0.400. The number of nitrogens with zero attached hydrogens (tertiary/aromatic N) is 5. The summed E-state index contributed by atoms with van der Waals surface area (Å²) in [4.78, 5) is 10.5. The molecule has 154 valence electrons. The highest BCUT2D eigenvalue weighted by Crippen LogP contribution is 2.16. The Kier molecular flexibility index (Phi) is 6.82. The summed E-state index contributed by atoms with van der Waals surface area (Å²) < 4.78 is 7.17. The van der Waals surface area contributed by atoms with Gasteiger partial charge >= 0.3 is 0 Å². The predicted molar refractivity (Wildman–Crippen MR) is 115 cm³/mol. The van der Waals surface area contributed by atoms with Crippen molar-refractivity contribution in [2.45, 2.75) is 40.4 Å². The molecule has 0 amide bonds. The second-order valence-electron chi connectivity index (χ2n) is 6.69. The van der Waals surface area contributed by atoms with E-state index in [1.54, 1.807) is 18.4 Å². The standard InChI is InChI=1S/C20H27N7OS/c1-13-14(2)29-19(24-13)12-23-20(22-11-18-26-25-15(3)27(18)4)21-10-16-6-8-17(28-5)9-7-16/h6-9H,10-12H2,1-5H3,(H2,21,22,23). The Morgan fingerprint density at radius 3 is 2.41 bits per heavy atom. The van der Waals surface area contributed by atoms with E-state index in [0.717, 1.165) is 33.7 Å². The van der Waals surface area contributed by atoms with E-state index in [-0.39, 0.29) is 0 Å². The van der Waals surface area contributed by atoms with E-state index in [2.05, 4.69) is 32.7 Å². The Labute approximate surface area is 175 Å². The van der Waals surface area contributed by atoms with E-state index in [9.17, 15) is 0 Å². The van der Waals surface area contributed by atoms with Gasteiger partial charge in [-0.3, -0.25) is 0 Å². The number of aryl methyl sites for hydroxylation is 3. The van der Waals surface area contributed by atoms with E-state index >= 15 is 0 Å². The Morgan fingerprint density at radius 1 is 1.10 bits per heavy atom. The normalized spacial score (nSPS) is 11.6. The molecule has 0 atom stereocenters. The highest BCUT2D eigenvalue weighted by atomic mass is 32.1. The fourth-order valence-corrected chi connectivity index (χ4v) is 3.49. The van der Waals surface area contributed by atoms with Crippen LogP contribution in [-0.4, -0.2) is 32.8 Å². The lowest BCUT2D eigenvalue weighted by Crippen LogP contribution is -2.37. The summed E-state index contributed by atoms with van der Waals surface area (Å²) in [6.07, 6.45) is 0. The van der Waals surface area contributed by atoms with Gasteiger partial charge in [-0.2, -0.15) is 0 Å². The molecule has 8 nitrogen and oxygen atoms in total. The van der Waals surface area contributed by atoms with Gasteiger partial charge in [-0.25, -0.2) is 9.98 Å². The van der Waals surface area contributed by atoms with E-state index in [0.29, 0.717) is 25.6 Å². The van der Waals surface area contributed by atoms with Crippen molar-refractivity contribution in [1.82, 2.24) is 30.4 Å². The topological polar surface area (TPSA) is 89.2 Å². The summed E-state index contributed by atoms with van der Waals surface area (Å²) in [7, 11) is 3.62. The van der Waals surface area contributed by atoms with Gasteiger partial charge in [0.05, 0.1) is 32.4 Å². The van der Waals surface area contributed by atoms with E-state index in [1.165, 1.54) is 4.88 Å². The first-order chi connectivity index (χ1) is 14.0. The summed E-state index contributed by atoms with van der Waals surface area (Å²) in [5.74, 6) is 3.26. The van der Waals surface area contributed by atoms with Gasteiger partial charge in [0.1, 0.15) is 16.6 Å². The average Bonchev–Trinajstić information content (AvgIpc) is 3.22. The van der Waals surface area contributed by atoms with Crippen molar-refractivity contribution in [2.75, 3.05) is 7.11 Å². The lowest BCUT2D eigenvalue weighted by molar-refractivity contribution is 0.414. The summed E-state index contributed by atoms with van der Waals surface area (Å²) in [6.45, 7) is 7.74. The van der Waals surface area contributed by atoms with Crippen LogP contribution in [0.1, 0.15) is 32.8 Å². The Balaban J connectivity index is 1.69. The fourth-order valence-electron chi connectivity index (χ4n) is 2.62. The molecule has 2 aromatic heterocycles. The number of ether oxygens (including phenoxy) is 1. The van der Waals surface area contributed by atoms with Gasteiger partial charge in [-0.05, 0) is 38.5 Å². The molecule has 0 saturated carbocycles. The number of nitrogens with one attached hydrogen (secondary N) is 2. The molecule has 0 saturated heterocycles. The third-order valence-electron chi connectivity index (χ3n) is 4.66. The highest BCUT2D eigenvalue weighted by molar-refractivity contribution is 7.11. The number of thiazole rings is 1. The number of guanidine groups is 1. The van der Waals surface area contributed by atoms with Crippen LogP contribution < -0.4 is 15.4 Å². The Morgan fingerprint density at radius 2 is 1.83 bits per heavy atom. The van der Waals surface area contributed by atoms with Crippen LogP contribution in [0.2, 0.25) is 0 Å². The van der Waals surface area contributed by atoms with Crippen LogP contribution in [-0.2, 0) is 26.7 Å². The average molecular weight is 414 g/mol. The molecule has 0 bridgehead atoms. The molecule has 29 heavy (non-hydrogen) atoms. The second-order valence-corrected chi connectivity index (χ2v) is 7.98. The van der Waals surface area contributed by atoms with Crippen molar-refractivity contribution in [3.63, 3.8) is 0 Å². The molecule has 2 N–H and O–H groups in total. The van der Waals surface area contributed by atoms with Crippen molar-refractivity contribution >= 4 is 17.3 Å². The van der Waals surface area contributed by atoms with Crippen LogP contribution >= 0.6 is 11.3 Å². The molecule has 0 radical (unpaired) electrons. The summed E-state index contributed by atoms with van der Waals surface area (Å²) >= 11 is 1.70. The molecule has 1 aromatic carbocycles. The highest BCUT2D eigenvalue weighted by Gasteiger charge is 2.08. The molecule has 2 heterocycles. The van der Waals surface area contributed by atoms with Crippen LogP contribution in [0, 0.1) is 20.8 Å². The molecular formula is C20H27N7OS. The van der Waals surface area contributed by atoms with Crippen LogP contribution in [0.3, 0.4) is 0 Å². The molecule has 0 aliphatic heterocycles. The first kappa shape index (κ1) is 20.8. The first-order valence-electron chi connectivity index (χ1n) is 9.39. The summed E-state index contributed by atoms with van der Waals surface area (Å²) in [5.41, 5.74) is 2.17. The van der Waals surface area contributed by atoms with Gasteiger partial charge in [-0.1, -0.05) is 12.1 Å². The van der Waals surface area contributed by atoms with Gasteiger partial charge in [0.2, 0.25) is 0 Å². The number of aliphatic imine (C=N–C) groups is 1. The number of hydrogen-bond donors (Lipinski definition) is 2. The largest absolute Gasteiger partial charge is 0.497 e. The molecule has 3 rings (SSSR count). The minimum Gasteiger partial charge on any atom is -0.497 e. The molecule has 0 spiro atoms. The minimum atomic E-state index is 0.529. The molecule has 0 aliphatic rings. The van der Waals surface area contributed by atoms with Crippen molar-refractivity contribution in [1.29, 1.82) is 0 Å². The molecule has 3 aromatic rings. The monoisotopic (exact) mass is 413 g/mol. The quantitative estimate of drug-likeness (QED) is 0.457. The summed E-state index contributed by atoms with van der Waals surface area (Å²) in [5, 5.41) is 16.1. The van der Waals surface area contributed by atoms with Crippen LogP contribution in [0.25, 0.3) is 0 Å². The van der Waals surface area contributed by atoms with Crippen LogP contribution in [0.4, 0.5) is 0 Å². The SMILES string of the molecule is COc1ccc(CN=C(NCc2nc(C)c(C)s2)NCc2nnc(C)n2C)cc1. The van der Waals surface area contributed by atoms with E-state index < -0.39 is 0 Å². The molecule has 0 aliphatic carbocycles. The Hall–Kier alpha value is -2.94. The van der Waals surface area contributed by atoms with Gasteiger partial charge in [0.15, 0.2) is 11.8 Å². The predicted octanol–water partition coefficient (Wildman–Crippen LogP) is 2.64. The van der Waals surface area contributed by atoms with Crippen LogP contribution in [0.5, 0.6) is 5.75 Å². The van der Waals surface area contributed by atoms with Crippen molar-refractivity contribution in [2.24, 2.45) is 12.0 Å².